The summed E-state index contributed by atoms with van der Waals surface area (Å²) in [5, 5.41) is 18.0. The van der Waals surface area contributed by atoms with E-state index in [0.29, 0.717) is 0 Å². The summed E-state index contributed by atoms with van der Waals surface area (Å²) in [5.74, 6) is -1.17. The fourth-order valence-electron chi connectivity index (χ4n) is 1.79. The van der Waals surface area contributed by atoms with E-state index in [0.717, 1.165) is 17.4 Å². The number of carboxylic acid groups (broad SMARTS) is 1. The predicted octanol–water partition coefficient (Wildman–Crippen LogP) is 0.591. The van der Waals surface area contributed by atoms with Gasteiger partial charge < -0.3 is 14.9 Å². The van der Waals surface area contributed by atoms with Crippen LogP contribution < -0.4 is 0 Å². The van der Waals surface area contributed by atoms with Gasteiger partial charge in [0.05, 0.1) is 23.1 Å². The number of halogens is 1. The largest absolute Gasteiger partial charge is 0.477 e. The predicted molar refractivity (Wildman–Crippen MR) is 74.6 cm³/mol. The molecule has 112 valence electrons. The lowest BCUT2D eigenvalue weighted by Gasteiger charge is -2.31. The minimum Gasteiger partial charge on any atom is -0.477 e. The molecule has 1 atom stereocenters. The van der Waals surface area contributed by atoms with Crippen LogP contribution in [-0.2, 0) is 14.8 Å². The smallest absolute Gasteiger partial charge is 0.345 e. The zero-order chi connectivity index (χ0) is 14.9. The first kappa shape index (κ1) is 15.9. The van der Waals surface area contributed by atoms with Crippen molar-refractivity contribution < 1.29 is 28.2 Å². The molecule has 20 heavy (non-hydrogen) atoms. The Morgan fingerprint density at radius 3 is 2.85 bits per heavy atom. The lowest BCUT2D eigenvalue weighted by atomic mass is 10.3. The number of aliphatic hydroxyl groups is 1. The van der Waals surface area contributed by atoms with Gasteiger partial charge in [-0.05, 0) is 22.0 Å². The van der Waals surface area contributed by atoms with Crippen molar-refractivity contribution in [3.05, 3.63) is 14.7 Å². The van der Waals surface area contributed by atoms with Crippen LogP contribution in [0.5, 0.6) is 0 Å². The number of hydrogen-bond acceptors (Lipinski definition) is 6. The second-order valence-corrected chi connectivity index (χ2v) is 8.37. The van der Waals surface area contributed by atoms with Crippen LogP contribution in [0.1, 0.15) is 9.67 Å². The maximum atomic E-state index is 12.5. The molecule has 0 spiro atoms. The number of nitrogens with zero attached hydrogens (tertiary/aromatic N) is 1. The molecule has 1 aliphatic rings. The van der Waals surface area contributed by atoms with Gasteiger partial charge in [0, 0.05) is 13.1 Å². The summed E-state index contributed by atoms with van der Waals surface area (Å²) in [6.45, 7) is 0.141. The Morgan fingerprint density at radius 1 is 1.60 bits per heavy atom. The monoisotopic (exact) mass is 385 g/mol. The molecule has 0 aromatic carbocycles. The van der Waals surface area contributed by atoms with Crippen LogP contribution in [0.3, 0.4) is 0 Å². The first-order valence-corrected chi connectivity index (χ1v) is 8.66. The number of sulfonamides is 1. The highest BCUT2D eigenvalue weighted by Gasteiger charge is 2.33. The lowest BCUT2D eigenvalue weighted by molar-refractivity contribution is -0.0304. The minimum atomic E-state index is -3.81. The molecule has 7 nitrogen and oxygen atoms in total. The summed E-state index contributed by atoms with van der Waals surface area (Å²) >= 11 is 3.94. The van der Waals surface area contributed by atoms with Crippen LogP contribution in [-0.4, -0.2) is 61.3 Å². The Balaban J connectivity index is 2.32. The number of ether oxygens (including phenoxy) is 1. The molecule has 1 aromatic heterocycles. The van der Waals surface area contributed by atoms with Gasteiger partial charge in [0.25, 0.3) is 0 Å². The zero-order valence-electron chi connectivity index (χ0n) is 10.2. The molecule has 0 aliphatic carbocycles. The van der Waals surface area contributed by atoms with Gasteiger partial charge in [-0.3, -0.25) is 0 Å². The summed E-state index contributed by atoms with van der Waals surface area (Å²) in [5.41, 5.74) is 0. The van der Waals surface area contributed by atoms with Crippen LogP contribution in [0.25, 0.3) is 0 Å². The molecular weight excluding hydrogens is 374 g/mol. The third-order valence-electron chi connectivity index (χ3n) is 2.79. The molecule has 0 bridgehead atoms. The third-order valence-corrected chi connectivity index (χ3v) is 6.89. The topological polar surface area (TPSA) is 104 Å². The van der Waals surface area contributed by atoms with Gasteiger partial charge in [-0.2, -0.15) is 4.31 Å². The molecule has 1 saturated heterocycles. The normalized spacial score (nSPS) is 21.0. The van der Waals surface area contributed by atoms with Gasteiger partial charge >= 0.3 is 5.97 Å². The summed E-state index contributed by atoms with van der Waals surface area (Å²) in [4.78, 5) is 10.8. The van der Waals surface area contributed by atoms with Crippen LogP contribution in [0, 0.1) is 0 Å². The van der Waals surface area contributed by atoms with E-state index < -0.39 is 22.1 Å². The molecule has 1 unspecified atom stereocenters. The maximum absolute atomic E-state index is 12.5. The van der Waals surface area contributed by atoms with E-state index in [-0.39, 0.29) is 39.9 Å². The summed E-state index contributed by atoms with van der Waals surface area (Å²) in [7, 11) is -3.81. The van der Waals surface area contributed by atoms with E-state index in [1.54, 1.807) is 0 Å². The number of thiophene rings is 1. The van der Waals surface area contributed by atoms with E-state index in [4.69, 9.17) is 14.9 Å². The summed E-state index contributed by atoms with van der Waals surface area (Å²) in [6.07, 6.45) is -0.560. The number of rotatable bonds is 4. The molecule has 0 radical (unpaired) electrons. The SMILES string of the molecule is O=C(O)c1cc(S(=O)(=O)N2CCOC(CO)C2)c(Br)s1. The average molecular weight is 386 g/mol. The summed E-state index contributed by atoms with van der Waals surface area (Å²) in [6, 6.07) is 1.13. The maximum Gasteiger partial charge on any atom is 0.345 e. The van der Waals surface area contributed by atoms with Crippen LogP contribution in [0.15, 0.2) is 14.7 Å². The zero-order valence-corrected chi connectivity index (χ0v) is 13.4. The van der Waals surface area contributed by atoms with E-state index in [2.05, 4.69) is 15.9 Å². The molecule has 2 rings (SSSR count). The van der Waals surface area contributed by atoms with Crippen molar-refractivity contribution in [2.45, 2.75) is 11.0 Å². The second kappa shape index (κ2) is 6.08. The first-order chi connectivity index (χ1) is 9.36. The highest BCUT2D eigenvalue weighted by atomic mass is 79.9. The van der Waals surface area contributed by atoms with Gasteiger partial charge in [-0.15, -0.1) is 11.3 Å². The standard InChI is InChI=1S/C10H12BrNO6S2/c11-9-8(3-7(19-9)10(14)15)20(16,17)12-1-2-18-6(4-12)5-13/h3,6,13H,1-2,4-5H2,(H,14,15). The Labute approximate surface area is 128 Å². The molecule has 2 N–H and O–H groups in total. The number of carbonyl (C=O) groups is 1. The van der Waals surface area contributed by atoms with Crippen molar-refractivity contribution in [3.8, 4) is 0 Å². The van der Waals surface area contributed by atoms with E-state index in [9.17, 15) is 13.2 Å². The third kappa shape index (κ3) is 3.05. The van der Waals surface area contributed by atoms with Gasteiger partial charge in [0.1, 0.15) is 9.77 Å². The van der Waals surface area contributed by atoms with Crippen LogP contribution in [0.2, 0.25) is 0 Å². The Hall–Kier alpha value is -0.520. The van der Waals surface area contributed by atoms with Gasteiger partial charge in [-0.25, -0.2) is 13.2 Å². The fraction of sp³-hybridized carbons (Fsp3) is 0.500. The molecular formula is C10H12BrNO6S2. The fourth-order valence-corrected chi connectivity index (χ4v) is 5.60. The van der Waals surface area contributed by atoms with Crippen molar-refractivity contribution in [1.29, 1.82) is 0 Å². The van der Waals surface area contributed by atoms with Gasteiger partial charge in [0.2, 0.25) is 10.0 Å². The molecule has 2 heterocycles. The minimum absolute atomic E-state index is 0.0452. The quantitative estimate of drug-likeness (QED) is 0.785. The first-order valence-electron chi connectivity index (χ1n) is 5.61. The Bertz CT molecular complexity index is 613. The second-order valence-electron chi connectivity index (χ2n) is 4.09. The highest BCUT2D eigenvalue weighted by Crippen LogP contribution is 2.34. The van der Waals surface area contributed by atoms with Crippen molar-refractivity contribution in [2.75, 3.05) is 26.3 Å². The highest BCUT2D eigenvalue weighted by molar-refractivity contribution is 9.11. The van der Waals surface area contributed by atoms with Gasteiger partial charge in [0.15, 0.2) is 0 Å². The molecule has 1 fully saturated rings. The molecule has 1 aromatic rings. The summed E-state index contributed by atoms with van der Waals surface area (Å²) < 4.78 is 31.6. The van der Waals surface area contributed by atoms with Crippen LogP contribution >= 0.6 is 27.3 Å². The average Bonchev–Trinajstić information content (AvgIpc) is 2.82. The molecule has 1 aliphatic heterocycles. The van der Waals surface area contributed by atoms with Crippen molar-refractivity contribution in [3.63, 3.8) is 0 Å². The number of aromatic carboxylic acids is 1. The van der Waals surface area contributed by atoms with Gasteiger partial charge in [-0.1, -0.05) is 0 Å². The number of hydrogen-bond donors (Lipinski definition) is 2. The van der Waals surface area contributed by atoms with E-state index >= 15 is 0 Å². The number of carboxylic acids is 1. The Morgan fingerprint density at radius 2 is 2.30 bits per heavy atom. The molecule has 10 heteroatoms. The molecule has 0 amide bonds. The molecule has 0 saturated carbocycles. The number of morpholine rings is 1. The van der Waals surface area contributed by atoms with Crippen molar-refractivity contribution in [1.82, 2.24) is 4.31 Å². The van der Waals surface area contributed by atoms with Crippen molar-refractivity contribution >= 4 is 43.3 Å². The Kier molecular flexibility index (Phi) is 4.82. The number of aliphatic hydroxyl groups excluding tert-OH is 1. The lowest BCUT2D eigenvalue weighted by Crippen LogP contribution is -2.46. The van der Waals surface area contributed by atoms with E-state index in [1.807, 2.05) is 0 Å². The van der Waals surface area contributed by atoms with E-state index in [1.165, 1.54) is 4.31 Å². The van der Waals surface area contributed by atoms with Crippen molar-refractivity contribution in [2.24, 2.45) is 0 Å². The van der Waals surface area contributed by atoms with Crippen LogP contribution in [0.4, 0.5) is 0 Å².